The van der Waals surface area contributed by atoms with Gasteiger partial charge in [-0.2, -0.15) is 5.10 Å². The Morgan fingerprint density at radius 3 is 2.27 bits per heavy atom. The van der Waals surface area contributed by atoms with E-state index < -0.39 is 0 Å². The summed E-state index contributed by atoms with van der Waals surface area (Å²) < 4.78 is 1.80. The third-order valence-electron chi connectivity index (χ3n) is 6.76. The molecule has 0 radical (unpaired) electrons. The van der Waals surface area contributed by atoms with Crippen molar-refractivity contribution in [3.05, 3.63) is 76.6 Å². The fourth-order valence-corrected chi connectivity index (χ4v) is 4.87. The number of carbonyl (C=O) groups is 2. The molecule has 1 aliphatic rings. The molecule has 5 rings (SSSR count). The van der Waals surface area contributed by atoms with Crippen LogP contribution in [0.4, 0.5) is 11.5 Å². The molecule has 0 saturated carbocycles. The number of H-pyrrole nitrogens is 1. The van der Waals surface area contributed by atoms with Crippen molar-refractivity contribution in [2.75, 3.05) is 24.1 Å². The molecule has 0 bridgehead atoms. The zero-order valence-corrected chi connectivity index (χ0v) is 20.8. The number of hydrogen-bond donors (Lipinski definition) is 3. The van der Waals surface area contributed by atoms with Gasteiger partial charge in [0.15, 0.2) is 5.82 Å². The van der Waals surface area contributed by atoms with Crippen LogP contribution in [0.3, 0.4) is 0 Å². The van der Waals surface area contributed by atoms with Gasteiger partial charge in [-0.25, -0.2) is 5.10 Å². The van der Waals surface area contributed by atoms with Gasteiger partial charge < -0.3 is 20.5 Å². The molecule has 9 nitrogen and oxygen atoms in total. The largest absolute Gasteiger partial charge is 0.382 e. The zero-order chi connectivity index (χ0) is 26.3. The standard InChI is InChI=1S/C28H28N6O3/c1-16(2)26(35)30-20-12-10-18(11-13-20)23-21(22-24(33(23)3)27(36)32-31-25(22)29)17-6-8-19(9-7-17)28(37)34-14-4-5-15-34/h6-13H,1,4-5,14-15H2,2-3H3,(H2,29,31)(H,30,35)(H,32,36). The maximum absolute atomic E-state index is 12.9. The lowest BCUT2D eigenvalue weighted by Gasteiger charge is -2.15. The van der Waals surface area contributed by atoms with Crippen LogP contribution in [0.1, 0.15) is 30.1 Å². The zero-order valence-electron chi connectivity index (χ0n) is 20.8. The average Bonchev–Trinajstić information content (AvgIpc) is 3.54. The highest BCUT2D eigenvalue weighted by atomic mass is 16.2. The van der Waals surface area contributed by atoms with Gasteiger partial charge >= 0.3 is 0 Å². The van der Waals surface area contributed by atoms with Gasteiger partial charge in [-0.05, 0) is 55.2 Å². The molecular formula is C28H28N6O3. The highest BCUT2D eigenvalue weighted by Gasteiger charge is 2.24. The van der Waals surface area contributed by atoms with E-state index in [0.29, 0.717) is 27.7 Å². The summed E-state index contributed by atoms with van der Waals surface area (Å²) in [5.41, 5.74) is 11.1. The number of aromatic nitrogens is 3. The second-order valence-corrected chi connectivity index (χ2v) is 9.33. The molecule has 2 amide bonds. The van der Waals surface area contributed by atoms with Gasteiger partial charge in [0, 0.05) is 42.5 Å². The fraction of sp³-hybridized carbons (Fsp3) is 0.214. The smallest absolute Gasteiger partial charge is 0.288 e. The highest BCUT2D eigenvalue weighted by Crippen LogP contribution is 2.41. The summed E-state index contributed by atoms with van der Waals surface area (Å²) in [6, 6.07) is 14.7. The summed E-state index contributed by atoms with van der Waals surface area (Å²) in [7, 11) is 1.80. The lowest BCUT2D eigenvalue weighted by molar-refractivity contribution is -0.112. The number of hydrogen-bond acceptors (Lipinski definition) is 5. The average molecular weight is 497 g/mol. The van der Waals surface area contributed by atoms with E-state index in [2.05, 4.69) is 22.1 Å². The minimum Gasteiger partial charge on any atom is -0.382 e. The predicted octanol–water partition coefficient (Wildman–Crippen LogP) is 3.93. The number of nitrogens with two attached hydrogens (primary N) is 1. The van der Waals surface area contributed by atoms with E-state index in [4.69, 9.17) is 5.73 Å². The van der Waals surface area contributed by atoms with Crippen LogP contribution in [-0.2, 0) is 11.8 Å². The summed E-state index contributed by atoms with van der Waals surface area (Å²) in [4.78, 5) is 39.5. The van der Waals surface area contributed by atoms with Crippen molar-refractivity contribution < 1.29 is 9.59 Å². The molecule has 37 heavy (non-hydrogen) atoms. The van der Waals surface area contributed by atoms with E-state index in [9.17, 15) is 14.4 Å². The third-order valence-corrected chi connectivity index (χ3v) is 6.76. The number of amides is 2. The van der Waals surface area contributed by atoms with Gasteiger partial charge in [-0.3, -0.25) is 14.4 Å². The number of anilines is 2. The highest BCUT2D eigenvalue weighted by molar-refractivity contribution is 6.09. The van der Waals surface area contributed by atoms with E-state index in [1.54, 1.807) is 30.7 Å². The molecule has 2 aromatic carbocycles. The van der Waals surface area contributed by atoms with Crippen LogP contribution in [-0.4, -0.2) is 44.6 Å². The van der Waals surface area contributed by atoms with E-state index in [0.717, 1.165) is 48.3 Å². The van der Waals surface area contributed by atoms with Gasteiger partial charge in [-0.15, -0.1) is 0 Å². The second-order valence-electron chi connectivity index (χ2n) is 9.33. The second kappa shape index (κ2) is 9.42. The predicted molar refractivity (Wildman–Crippen MR) is 145 cm³/mol. The molecule has 0 unspecified atom stereocenters. The molecular weight excluding hydrogens is 468 g/mol. The van der Waals surface area contributed by atoms with Crippen molar-refractivity contribution in [1.29, 1.82) is 0 Å². The first-order valence-electron chi connectivity index (χ1n) is 12.1. The van der Waals surface area contributed by atoms with Gasteiger partial charge in [0.05, 0.1) is 11.1 Å². The van der Waals surface area contributed by atoms with Crippen LogP contribution in [0.25, 0.3) is 33.3 Å². The topological polar surface area (TPSA) is 126 Å². The minimum absolute atomic E-state index is 0.0206. The molecule has 1 saturated heterocycles. The summed E-state index contributed by atoms with van der Waals surface area (Å²) in [5.74, 6) is -0.0341. The lowest BCUT2D eigenvalue weighted by Crippen LogP contribution is -2.27. The Hall–Kier alpha value is -4.66. The molecule has 0 atom stereocenters. The molecule has 0 aliphatic carbocycles. The lowest BCUT2D eigenvalue weighted by atomic mass is 9.97. The van der Waals surface area contributed by atoms with Crippen LogP contribution in [0.2, 0.25) is 0 Å². The maximum Gasteiger partial charge on any atom is 0.288 e. The quantitative estimate of drug-likeness (QED) is 0.361. The Bertz CT molecular complexity index is 1590. The fourth-order valence-electron chi connectivity index (χ4n) is 4.87. The Kier molecular flexibility index (Phi) is 6.12. The van der Waals surface area contributed by atoms with Gasteiger partial charge in [-0.1, -0.05) is 30.8 Å². The summed E-state index contributed by atoms with van der Waals surface area (Å²) in [6.07, 6.45) is 2.05. The number of carbonyl (C=O) groups excluding carboxylic acids is 2. The molecule has 1 aliphatic heterocycles. The monoisotopic (exact) mass is 496 g/mol. The Morgan fingerprint density at radius 1 is 1.03 bits per heavy atom. The molecule has 1 fully saturated rings. The van der Waals surface area contributed by atoms with E-state index in [1.807, 2.05) is 41.3 Å². The molecule has 4 aromatic rings. The first kappa shape index (κ1) is 24.1. The van der Waals surface area contributed by atoms with Gasteiger partial charge in [0.2, 0.25) is 0 Å². The number of nitrogens with one attached hydrogen (secondary N) is 2. The minimum atomic E-state index is -0.356. The number of rotatable bonds is 5. The molecule has 188 valence electrons. The van der Waals surface area contributed by atoms with Crippen molar-refractivity contribution in [1.82, 2.24) is 19.7 Å². The Balaban J connectivity index is 1.63. The van der Waals surface area contributed by atoms with Crippen molar-refractivity contribution in [3.63, 3.8) is 0 Å². The number of likely N-dealkylation sites (tertiary alicyclic amines) is 1. The van der Waals surface area contributed by atoms with E-state index >= 15 is 0 Å². The number of fused-ring (bicyclic) bond motifs is 1. The van der Waals surface area contributed by atoms with Crippen LogP contribution in [0.15, 0.2) is 65.5 Å². The van der Waals surface area contributed by atoms with Crippen LogP contribution >= 0.6 is 0 Å². The molecule has 3 heterocycles. The van der Waals surface area contributed by atoms with Crippen LogP contribution in [0.5, 0.6) is 0 Å². The summed E-state index contributed by atoms with van der Waals surface area (Å²) >= 11 is 0. The SMILES string of the molecule is C=C(C)C(=O)Nc1ccc(-c2c(-c3ccc(C(=O)N4CCCC4)cc3)c3c(N)n[nH]c(=O)c3n2C)cc1. The first-order chi connectivity index (χ1) is 17.8. The molecule has 0 spiro atoms. The van der Waals surface area contributed by atoms with Gasteiger partial charge in [0.1, 0.15) is 5.52 Å². The van der Waals surface area contributed by atoms with E-state index in [-0.39, 0.29) is 23.2 Å². The van der Waals surface area contributed by atoms with Crippen LogP contribution < -0.4 is 16.6 Å². The van der Waals surface area contributed by atoms with Crippen molar-refractivity contribution >= 4 is 34.2 Å². The Labute approximate surface area is 213 Å². The number of aromatic amines is 1. The van der Waals surface area contributed by atoms with Crippen LogP contribution in [0, 0.1) is 0 Å². The van der Waals surface area contributed by atoms with Gasteiger partial charge in [0.25, 0.3) is 17.4 Å². The van der Waals surface area contributed by atoms with E-state index in [1.165, 1.54) is 0 Å². The number of benzene rings is 2. The van der Waals surface area contributed by atoms with Crippen molar-refractivity contribution in [2.24, 2.45) is 7.05 Å². The molecule has 9 heteroatoms. The van der Waals surface area contributed by atoms with Crippen molar-refractivity contribution in [2.45, 2.75) is 19.8 Å². The third kappa shape index (κ3) is 4.29. The normalized spacial score (nSPS) is 13.2. The first-order valence-corrected chi connectivity index (χ1v) is 12.1. The number of nitrogen functional groups attached to an aromatic ring is 1. The Morgan fingerprint density at radius 2 is 1.65 bits per heavy atom. The summed E-state index contributed by atoms with van der Waals surface area (Å²) in [5, 5.41) is 9.82. The maximum atomic E-state index is 12.9. The summed E-state index contributed by atoms with van der Waals surface area (Å²) in [6.45, 7) is 6.87. The number of nitrogens with zero attached hydrogens (tertiary/aromatic N) is 3. The number of aryl methyl sites for hydroxylation is 1. The molecule has 4 N–H and O–H groups in total. The van der Waals surface area contributed by atoms with Crippen molar-refractivity contribution in [3.8, 4) is 22.4 Å². The molecule has 2 aromatic heterocycles.